The second-order valence-electron chi connectivity index (χ2n) is 10.1. The van der Waals surface area contributed by atoms with Crippen LogP contribution in [0.15, 0.2) is 24.3 Å². The summed E-state index contributed by atoms with van der Waals surface area (Å²) >= 11 is 0. The molecule has 0 aromatic heterocycles. The van der Waals surface area contributed by atoms with Gasteiger partial charge in [0.05, 0.1) is 5.41 Å². The molecule has 1 rings (SSSR count). The molecule has 1 aromatic carbocycles. The van der Waals surface area contributed by atoms with Gasteiger partial charge in [-0.25, -0.2) is 0 Å². The zero-order valence-electron chi connectivity index (χ0n) is 21.9. The van der Waals surface area contributed by atoms with Crippen molar-refractivity contribution >= 4 is 5.97 Å². The molecule has 2 nitrogen and oxygen atoms in total. The molecule has 1 atom stereocenters. The first-order chi connectivity index (χ1) is 15.6. The normalized spacial score (nSPS) is 13.1. The number of carbonyl (C=O) groups excluding carboxylic acids is 1. The first-order valence-corrected chi connectivity index (χ1v) is 13.9. The lowest BCUT2D eigenvalue weighted by Crippen LogP contribution is -2.32. The van der Waals surface area contributed by atoms with Crippen molar-refractivity contribution in [2.45, 2.75) is 143 Å². The molecule has 0 heterocycles. The largest absolute Gasteiger partial charge is 0.426 e. The Hall–Kier alpha value is -1.31. The van der Waals surface area contributed by atoms with Gasteiger partial charge in [0.25, 0.3) is 0 Å². The van der Waals surface area contributed by atoms with E-state index in [1.165, 1.54) is 82.6 Å². The van der Waals surface area contributed by atoms with Gasteiger partial charge >= 0.3 is 5.97 Å². The zero-order valence-corrected chi connectivity index (χ0v) is 21.9. The number of benzene rings is 1. The van der Waals surface area contributed by atoms with E-state index in [0.29, 0.717) is 5.75 Å². The van der Waals surface area contributed by atoms with Crippen LogP contribution < -0.4 is 4.74 Å². The first kappa shape index (κ1) is 28.7. The molecule has 0 aliphatic heterocycles. The lowest BCUT2D eigenvalue weighted by atomic mass is 9.79. The fraction of sp³-hybridized carbons (Fsp3) is 0.767. The summed E-state index contributed by atoms with van der Waals surface area (Å²) in [5, 5.41) is 0. The Morgan fingerprint density at radius 1 is 0.656 bits per heavy atom. The number of unbranched alkanes of at least 4 members (excludes halogenated alkanes) is 12. The molecule has 2 heteroatoms. The summed E-state index contributed by atoms with van der Waals surface area (Å²) in [5.74, 6) is 0.664. The van der Waals surface area contributed by atoms with Crippen LogP contribution >= 0.6 is 0 Å². The van der Waals surface area contributed by atoms with E-state index in [9.17, 15) is 4.79 Å². The molecule has 0 spiro atoms. The van der Waals surface area contributed by atoms with Crippen molar-refractivity contribution in [1.29, 1.82) is 0 Å². The van der Waals surface area contributed by atoms with Gasteiger partial charge in [-0.1, -0.05) is 129 Å². The number of hydrogen-bond donors (Lipinski definition) is 0. The van der Waals surface area contributed by atoms with Crippen molar-refractivity contribution < 1.29 is 9.53 Å². The van der Waals surface area contributed by atoms with Crippen molar-refractivity contribution in [2.75, 3.05) is 0 Å². The molecule has 0 radical (unpaired) electrons. The summed E-state index contributed by atoms with van der Waals surface area (Å²) in [6.07, 6.45) is 22.1. The molecule has 1 aromatic rings. The van der Waals surface area contributed by atoms with Crippen molar-refractivity contribution in [1.82, 2.24) is 0 Å². The zero-order chi connectivity index (χ0) is 23.5. The van der Waals surface area contributed by atoms with E-state index >= 15 is 0 Å². The summed E-state index contributed by atoms with van der Waals surface area (Å²) in [4.78, 5) is 13.2. The number of hydrogen-bond acceptors (Lipinski definition) is 2. The van der Waals surface area contributed by atoms with Crippen LogP contribution in [0.4, 0.5) is 0 Å². The predicted octanol–water partition coefficient (Wildman–Crippen LogP) is 9.83. The molecule has 0 fully saturated rings. The molecule has 0 aliphatic rings. The third-order valence-corrected chi connectivity index (χ3v) is 6.83. The van der Waals surface area contributed by atoms with E-state index in [1.807, 2.05) is 12.1 Å². The standard InChI is InChI=1S/C30H52O2/c1-5-8-10-12-14-15-17-19-26-30(4,25-18-16-13-11-9-6-2)29(31)32-28-23-21-27(20-7-3)22-24-28/h21-24H,5-20,25-26H2,1-4H3. The highest BCUT2D eigenvalue weighted by Gasteiger charge is 2.34. The molecule has 0 bridgehead atoms. The molecule has 0 N–H and O–H groups in total. The van der Waals surface area contributed by atoms with E-state index in [4.69, 9.17) is 4.74 Å². The van der Waals surface area contributed by atoms with Crippen molar-refractivity contribution in [3.05, 3.63) is 29.8 Å². The van der Waals surface area contributed by atoms with Gasteiger partial charge < -0.3 is 4.74 Å². The molecular formula is C30H52O2. The van der Waals surface area contributed by atoms with E-state index in [1.54, 1.807) is 0 Å². The van der Waals surface area contributed by atoms with Gasteiger partial charge in [0, 0.05) is 0 Å². The first-order valence-electron chi connectivity index (χ1n) is 13.9. The average Bonchev–Trinajstić information content (AvgIpc) is 2.79. The molecule has 0 saturated carbocycles. The maximum atomic E-state index is 13.2. The summed E-state index contributed by atoms with van der Waals surface area (Å²) in [6, 6.07) is 8.11. The van der Waals surface area contributed by atoms with Gasteiger partial charge in [0.15, 0.2) is 0 Å². The van der Waals surface area contributed by atoms with E-state index in [0.717, 1.165) is 38.5 Å². The lowest BCUT2D eigenvalue weighted by Gasteiger charge is -2.27. The highest BCUT2D eigenvalue weighted by atomic mass is 16.5. The fourth-order valence-electron chi connectivity index (χ4n) is 4.52. The summed E-state index contributed by atoms with van der Waals surface area (Å²) in [6.45, 7) is 8.86. The Kier molecular flexibility index (Phi) is 16.3. The van der Waals surface area contributed by atoms with Gasteiger partial charge in [-0.15, -0.1) is 0 Å². The summed E-state index contributed by atoms with van der Waals surface area (Å²) < 4.78 is 5.89. The molecule has 1 unspecified atom stereocenters. The molecular weight excluding hydrogens is 392 g/mol. The number of aryl methyl sites for hydroxylation is 1. The second kappa shape index (κ2) is 18.2. The number of carbonyl (C=O) groups is 1. The van der Waals surface area contributed by atoms with Gasteiger partial charge in [-0.2, -0.15) is 0 Å². The van der Waals surface area contributed by atoms with Crippen molar-refractivity contribution in [3.8, 4) is 5.75 Å². The molecule has 0 amide bonds. The van der Waals surface area contributed by atoms with Gasteiger partial charge in [0.1, 0.15) is 5.75 Å². The van der Waals surface area contributed by atoms with Crippen LogP contribution in [0, 0.1) is 5.41 Å². The van der Waals surface area contributed by atoms with Gasteiger partial charge in [0.2, 0.25) is 0 Å². The Morgan fingerprint density at radius 3 is 1.53 bits per heavy atom. The molecule has 0 saturated heterocycles. The fourth-order valence-corrected chi connectivity index (χ4v) is 4.52. The number of rotatable bonds is 20. The van der Waals surface area contributed by atoms with E-state index in [2.05, 4.69) is 39.8 Å². The minimum absolute atomic E-state index is 0.0303. The Bertz CT molecular complexity index is 577. The van der Waals surface area contributed by atoms with Crippen LogP contribution in [0.3, 0.4) is 0 Å². The quantitative estimate of drug-likeness (QED) is 0.114. The van der Waals surface area contributed by atoms with E-state index < -0.39 is 0 Å². The van der Waals surface area contributed by atoms with E-state index in [-0.39, 0.29) is 11.4 Å². The average molecular weight is 445 g/mol. The van der Waals surface area contributed by atoms with Crippen molar-refractivity contribution in [2.24, 2.45) is 5.41 Å². The third kappa shape index (κ3) is 12.7. The van der Waals surface area contributed by atoms with Gasteiger partial charge in [-0.3, -0.25) is 4.79 Å². The highest BCUT2D eigenvalue weighted by molar-refractivity contribution is 5.78. The maximum absolute atomic E-state index is 13.2. The van der Waals surface area contributed by atoms with Crippen LogP contribution in [-0.4, -0.2) is 5.97 Å². The molecule has 32 heavy (non-hydrogen) atoms. The third-order valence-electron chi connectivity index (χ3n) is 6.83. The Balaban J connectivity index is 2.55. The topological polar surface area (TPSA) is 26.3 Å². The summed E-state index contributed by atoms with van der Waals surface area (Å²) in [7, 11) is 0. The SMILES string of the molecule is CCCCCCCCCCC(C)(CCCCCCCC)C(=O)Oc1ccc(CCC)cc1. The second-order valence-corrected chi connectivity index (χ2v) is 10.1. The highest BCUT2D eigenvalue weighted by Crippen LogP contribution is 2.34. The Labute approximate surface area is 199 Å². The minimum Gasteiger partial charge on any atom is -0.426 e. The van der Waals surface area contributed by atoms with Crippen LogP contribution in [0.25, 0.3) is 0 Å². The van der Waals surface area contributed by atoms with Crippen LogP contribution in [0.1, 0.15) is 142 Å². The Morgan fingerprint density at radius 2 is 1.09 bits per heavy atom. The number of esters is 1. The minimum atomic E-state index is -0.366. The van der Waals surface area contributed by atoms with Crippen LogP contribution in [0.2, 0.25) is 0 Å². The van der Waals surface area contributed by atoms with Crippen LogP contribution in [-0.2, 0) is 11.2 Å². The molecule has 184 valence electrons. The maximum Gasteiger partial charge on any atom is 0.317 e. The van der Waals surface area contributed by atoms with Crippen LogP contribution in [0.5, 0.6) is 5.75 Å². The smallest absolute Gasteiger partial charge is 0.317 e. The monoisotopic (exact) mass is 444 g/mol. The number of ether oxygens (including phenoxy) is 1. The predicted molar refractivity (Wildman–Crippen MR) is 139 cm³/mol. The lowest BCUT2D eigenvalue weighted by molar-refractivity contribution is -0.146. The van der Waals surface area contributed by atoms with Crippen molar-refractivity contribution in [3.63, 3.8) is 0 Å². The van der Waals surface area contributed by atoms with Gasteiger partial charge in [-0.05, 0) is 43.9 Å². The molecule has 0 aliphatic carbocycles. The summed E-state index contributed by atoms with van der Waals surface area (Å²) in [5.41, 5.74) is 0.941.